The van der Waals surface area contributed by atoms with Crippen molar-refractivity contribution in [2.24, 2.45) is 5.92 Å². The zero-order valence-corrected chi connectivity index (χ0v) is 31.4. The number of hydrogen-bond acceptors (Lipinski definition) is 7. The Balaban J connectivity index is 0.00000112. The summed E-state index contributed by atoms with van der Waals surface area (Å²) in [6.07, 6.45) is 0.831. The summed E-state index contributed by atoms with van der Waals surface area (Å²) in [6, 6.07) is 23.3. The fourth-order valence-corrected chi connectivity index (χ4v) is 6.32. The van der Waals surface area contributed by atoms with Crippen molar-refractivity contribution < 1.29 is 33.8 Å². The Kier molecular flexibility index (Phi) is 17.1. The third kappa shape index (κ3) is 13.7. The Hall–Kier alpha value is -4.90. The fourth-order valence-electron chi connectivity index (χ4n) is 6.32. The number of nitrogens with one attached hydrogen (secondary N) is 3. The van der Waals surface area contributed by atoms with Gasteiger partial charge < -0.3 is 35.4 Å². The van der Waals surface area contributed by atoms with Crippen LogP contribution in [0.1, 0.15) is 62.8 Å². The van der Waals surface area contributed by atoms with E-state index in [1.54, 1.807) is 11.8 Å². The molecule has 0 aromatic heterocycles. The van der Waals surface area contributed by atoms with Gasteiger partial charge in [0.05, 0.1) is 18.8 Å². The molecule has 3 aromatic carbocycles. The van der Waals surface area contributed by atoms with Crippen LogP contribution in [0.5, 0.6) is 5.75 Å². The van der Waals surface area contributed by atoms with Crippen molar-refractivity contribution in [2.75, 3.05) is 26.3 Å². The van der Waals surface area contributed by atoms with E-state index in [1.165, 1.54) is 6.92 Å². The number of urea groups is 1. The summed E-state index contributed by atoms with van der Waals surface area (Å²) >= 11 is 0. The Labute approximate surface area is 308 Å². The van der Waals surface area contributed by atoms with Gasteiger partial charge in [-0.15, -0.1) is 0 Å². The van der Waals surface area contributed by atoms with E-state index in [9.17, 15) is 24.3 Å². The number of amides is 4. The predicted molar refractivity (Wildman–Crippen MR) is 202 cm³/mol. The second kappa shape index (κ2) is 21.5. The molecule has 1 fully saturated rings. The molecule has 1 aliphatic heterocycles. The van der Waals surface area contributed by atoms with Gasteiger partial charge in [-0.25, -0.2) is 4.79 Å². The van der Waals surface area contributed by atoms with Crippen LogP contribution < -0.4 is 20.7 Å². The van der Waals surface area contributed by atoms with Crippen LogP contribution in [0.2, 0.25) is 0 Å². The van der Waals surface area contributed by atoms with Crippen molar-refractivity contribution in [3.05, 3.63) is 101 Å². The number of aryl methyl sites for hydroxylation is 2. The summed E-state index contributed by atoms with van der Waals surface area (Å²) in [4.78, 5) is 51.1. The summed E-state index contributed by atoms with van der Waals surface area (Å²) < 4.78 is 10.3. The molecule has 0 bridgehead atoms. The molecule has 3 aromatic rings. The monoisotopic (exact) mass is 716 g/mol. The Morgan fingerprint density at radius 2 is 1.48 bits per heavy atom. The van der Waals surface area contributed by atoms with E-state index in [4.69, 9.17) is 4.74 Å². The number of carbonyl (C=O) groups excluding carboxylic acids is 4. The highest BCUT2D eigenvalue weighted by Crippen LogP contribution is 2.22. The van der Waals surface area contributed by atoms with E-state index in [1.807, 2.05) is 107 Å². The highest BCUT2D eigenvalue weighted by atomic mass is 16.5. The Morgan fingerprint density at radius 3 is 2.00 bits per heavy atom. The highest BCUT2D eigenvalue weighted by Gasteiger charge is 2.35. The molecular formula is C41H56N4O7. The largest absolute Gasteiger partial charge is 0.483 e. The lowest BCUT2D eigenvalue weighted by molar-refractivity contribution is -0.140. The summed E-state index contributed by atoms with van der Waals surface area (Å²) in [5.74, 6) is -0.260. The minimum atomic E-state index is -0.992. The van der Waals surface area contributed by atoms with E-state index >= 15 is 0 Å². The summed E-state index contributed by atoms with van der Waals surface area (Å²) in [5.41, 5.74) is 3.84. The molecule has 1 heterocycles. The lowest BCUT2D eigenvalue weighted by Crippen LogP contribution is -2.59. The minimum absolute atomic E-state index is 0.117. The van der Waals surface area contributed by atoms with E-state index in [-0.39, 0.29) is 42.8 Å². The first kappa shape index (κ1) is 41.5. The van der Waals surface area contributed by atoms with Crippen molar-refractivity contribution >= 4 is 23.8 Å². The molecule has 0 radical (unpaired) electrons. The molecule has 4 amide bonds. The molecule has 0 aliphatic carbocycles. The average Bonchev–Trinajstić information content (AvgIpc) is 3.09. The standard InChI is InChI=1S/C37H48N4O5.C4H8O2/c1-25(2)34(41-20-12-19-38-37(41)45)36(44)39-30(21-28-15-7-5-8-16-28)23-32(42)31(22-29-17-9-6-10-18-29)40-33(43)24-46-35-26(3)13-11-14-27(35)4;1-3-6-4(2)5/h5-11,13-18,25,30-32,34,42H,12,19-24H2,1-4H3,(H,38,45)(H,39,44)(H,40,43);3H2,1-2H3/t30-,31-,32-,34-;/m0./s1. The summed E-state index contributed by atoms with van der Waals surface area (Å²) in [6.45, 7) is 12.3. The number of carbonyl (C=O) groups is 4. The van der Waals surface area contributed by atoms with Gasteiger partial charge in [0.2, 0.25) is 5.91 Å². The SMILES string of the molecule is CCOC(C)=O.Cc1cccc(C)c1OCC(=O)N[C@@H](Cc1ccccc1)[C@@H](O)C[C@H](Cc1ccccc1)NC(=O)[C@H](C(C)C)N1CCCNC1=O. The normalized spacial score (nSPS) is 14.8. The zero-order chi connectivity index (χ0) is 38.0. The molecule has 52 heavy (non-hydrogen) atoms. The topological polar surface area (TPSA) is 146 Å². The van der Waals surface area contributed by atoms with Gasteiger partial charge in [0.1, 0.15) is 11.8 Å². The van der Waals surface area contributed by atoms with Crippen LogP contribution in [-0.4, -0.2) is 84.4 Å². The van der Waals surface area contributed by atoms with Crippen LogP contribution in [0.3, 0.4) is 0 Å². The molecule has 282 valence electrons. The maximum Gasteiger partial charge on any atom is 0.318 e. The van der Waals surface area contributed by atoms with Crippen LogP contribution in [0.25, 0.3) is 0 Å². The zero-order valence-electron chi connectivity index (χ0n) is 31.4. The number of nitrogens with zero attached hydrogens (tertiary/aromatic N) is 1. The molecule has 0 unspecified atom stereocenters. The van der Waals surface area contributed by atoms with Crippen LogP contribution in [0, 0.1) is 19.8 Å². The van der Waals surface area contributed by atoms with Gasteiger partial charge >= 0.3 is 12.0 Å². The van der Waals surface area contributed by atoms with Crippen molar-refractivity contribution in [1.29, 1.82) is 0 Å². The van der Waals surface area contributed by atoms with Gasteiger partial charge in [-0.3, -0.25) is 14.4 Å². The first-order chi connectivity index (χ1) is 24.9. The minimum Gasteiger partial charge on any atom is -0.483 e. The molecule has 1 saturated heterocycles. The average molecular weight is 717 g/mol. The van der Waals surface area contributed by atoms with Gasteiger partial charge in [0.15, 0.2) is 6.61 Å². The van der Waals surface area contributed by atoms with Crippen molar-refractivity contribution in [1.82, 2.24) is 20.9 Å². The number of aliphatic hydroxyl groups excluding tert-OH is 1. The third-order valence-corrected chi connectivity index (χ3v) is 8.76. The van der Waals surface area contributed by atoms with Crippen molar-refractivity contribution in [3.8, 4) is 5.75 Å². The maximum atomic E-state index is 13.8. The fraction of sp³-hybridized carbons (Fsp3) is 0.463. The Bertz CT molecular complexity index is 1550. The molecule has 4 rings (SSSR count). The van der Waals surface area contributed by atoms with Crippen molar-refractivity contribution in [3.63, 3.8) is 0 Å². The smallest absolute Gasteiger partial charge is 0.318 e. The lowest BCUT2D eigenvalue weighted by atomic mass is 9.92. The van der Waals surface area contributed by atoms with Crippen LogP contribution in [-0.2, 0) is 32.0 Å². The second-order valence-corrected chi connectivity index (χ2v) is 13.5. The first-order valence-electron chi connectivity index (χ1n) is 18.1. The molecule has 4 atom stereocenters. The van der Waals surface area contributed by atoms with E-state index < -0.39 is 24.2 Å². The second-order valence-electron chi connectivity index (χ2n) is 13.5. The molecule has 0 spiro atoms. The van der Waals surface area contributed by atoms with E-state index in [0.29, 0.717) is 38.3 Å². The third-order valence-electron chi connectivity index (χ3n) is 8.76. The van der Waals surface area contributed by atoms with Crippen LogP contribution >= 0.6 is 0 Å². The Morgan fingerprint density at radius 1 is 0.885 bits per heavy atom. The van der Waals surface area contributed by atoms with Gasteiger partial charge in [-0.2, -0.15) is 0 Å². The highest BCUT2D eigenvalue weighted by molar-refractivity contribution is 5.87. The van der Waals surface area contributed by atoms with Gasteiger partial charge in [0, 0.05) is 26.1 Å². The predicted octanol–water partition coefficient (Wildman–Crippen LogP) is 4.90. The maximum absolute atomic E-state index is 13.8. The molecule has 11 nitrogen and oxygen atoms in total. The van der Waals surface area contributed by atoms with Crippen LogP contribution in [0.4, 0.5) is 4.79 Å². The van der Waals surface area contributed by atoms with Gasteiger partial charge in [0.25, 0.3) is 5.91 Å². The van der Waals surface area contributed by atoms with Crippen LogP contribution in [0.15, 0.2) is 78.9 Å². The number of para-hydroxylation sites is 1. The number of hydrogen-bond donors (Lipinski definition) is 4. The number of aliphatic hydroxyl groups is 1. The molecule has 0 saturated carbocycles. The quantitative estimate of drug-likeness (QED) is 0.154. The summed E-state index contributed by atoms with van der Waals surface area (Å²) in [7, 11) is 0. The van der Waals surface area contributed by atoms with Crippen molar-refractivity contribution in [2.45, 2.75) is 91.5 Å². The lowest BCUT2D eigenvalue weighted by Gasteiger charge is -2.37. The molecular weight excluding hydrogens is 660 g/mol. The molecule has 4 N–H and O–H groups in total. The number of esters is 1. The van der Waals surface area contributed by atoms with E-state index in [2.05, 4.69) is 20.7 Å². The molecule has 1 aliphatic rings. The number of benzene rings is 3. The summed E-state index contributed by atoms with van der Waals surface area (Å²) in [5, 5.41) is 20.7. The number of ether oxygens (including phenoxy) is 2. The van der Waals surface area contributed by atoms with Gasteiger partial charge in [-0.1, -0.05) is 92.7 Å². The first-order valence-corrected chi connectivity index (χ1v) is 18.1. The van der Waals surface area contributed by atoms with Gasteiger partial charge in [-0.05, 0) is 74.6 Å². The molecule has 11 heteroatoms. The van der Waals surface area contributed by atoms with E-state index in [0.717, 1.165) is 28.7 Å². The number of rotatable bonds is 16.